The maximum absolute atomic E-state index is 11.9. The Bertz CT molecular complexity index is 819. The van der Waals surface area contributed by atoms with E-state index >= 15 is 0 Å². The molecule has 32 heavy (non-hydrogen) atoms. The van der Waals surface area contributed by atoms with E-state index in [1.54, 1.807) is 23.9 Å². The predicted molar refractivity (Wildman–Crippen MR) is 119 cm³/mol. The van der Waals surface area contributed by atoms with Gasteiger partial charge in [0.15, 0.2) is 0 Å². The molecular formula is C20H32N2O8S2. The molecule has 0 spiro atoms. The molecule has 1 aliphatic rings. The Balaban J connectivity index is 1.56. The number of rotatable bonds is 12. The second-order valence-corrected chi connectivity index (χ2v) is 10.4. The predicted octanol–water partition coefficient (Wildman–Crippen LogP) is -1.26. The molecule has 1 aromatic carbocycles. The first-order valence-corrected chi connectivity index (χ1v) is 13.1. The highest BCUT2D eigenvalue weighted by Crippen LogP contribution is 2.24. The minimum Gasteiger partial charge on any atom is -0.394 e. The Morgan fingerprint density at radius 3 is 2.34 bits per heavy atom. The molecule has 1 heterocycles. The Morgan fingerprint density at radius 2 is 1.72 bits per heavy atom. The summed E-state index contributed by atoms with van der Waals surface area (Å²) >= 11 is 1.58. The van der Waals surface area contributed by atoms with Crippen LogP contribution in [0.2, 0.25) is 0 Å². The van der Waals surface area contributed by atoms with E-state index in [9.17, 15) is 33.6 Å². The standard InChI is InChI=1S/C20H32N2O8S2/c21-32(28,29)14-5-3-13(4-6-14)7-9-22-17(24)8-11-31-10-1-2-15-18(25)20(27)19(26)16(12-23)30-15/h3-6,15-16,18-20,23,25-27H,1-2,7-12H2,(H,22,24)(H2,21,28,29)/t15-,16+,18-,19+,20+/m0/s1. The minimum absolute atomic E-state index is 0.0499. The van der Waals surface area contributed by atoms with Crippen molar-refractivity contribution in [1.29, 1.82) is 0 Å². The van der Waals surface area contributed by atoms with Crippen LogP contribution in [0, 0.1) is 0 Å². The fraction of sp³-hybridized carbons (Fsp3) is 0.650. The number of aliphatic hydroxyl groups is 4. The fourth-order valence-electron chi connectivity index (χ4n) is 3.35. The second-order valence-electron chi connectivity index (χ2n) is 7.66. The van der Waals surface area contributed by atoms with Gasteiger partial charge in [-0.25, -0.2) is 13.6 Å². The average molecular weight is 493 g/mol. The van der Waals surface area contributed by atoms with E-state index in [0.29, 0.717) is 38.0 Å². The van der Waals surface area contributed by atoms with Crippen molar-refractivity contribution >= 4 is 27.7 Å². The molecule has 1 saturated heterocycles. The summed E-state index contributed by atoms with van der Waals surface area (Å²) in [6.07, 6.45) is -3.38. The monoisotopic (exact) mass is 492 g/mol. The van der Waals surface area contributed by atoms with Gasteiger partial charge in [-0.3, -0.25) is 4.79 Å². The molecule has 5 atom stereocenters. The van der Waals surface area contributed by atoms with Gasteiger partial charge in [-0.2, -0.15) is 11.8 Å². The third-order valence-electron chi connectivity index (χ3n) is 5.23. The molecule has 0 saturated carbocycles. The first-order chi connectivity index (χ1) is 15.1. The van der Waals surface area contributed by atoms with E-state index in [0.717, 1.165) is 11.3 Å². The summed E-state index contributed by atoms with van der Waals surface area (Å²) in [6, 6.07) is 6.20. The molecule has 2 rings (SSSR count). The number of hydrogen-bond donors (Lipinski definition) is 6. The number of benzene rings is 1. The van der Waals surface area contributed by atoms with Gasteiger partial charge < -0.3 is 30.5 Å². The van der Waals surface area contributed by atoms with Crippen molar-refractivity contribution in [2.24, 2.45) is 5.14 Å². The lowest BCUT2D eigenvalue weighted by atomic mass is 9.93. The van der Waals surface area contributed by atoms with Gasteiger partial charge in [0.1, 0.15) is 24.4 Å². The van der Waals surface area contributed by atoms with E-state index in [4.69, 9.17) is 9.88 Å². The molecule has 7 N–H and O–H groups in total. The smallest absolute Gasteiger partial charge is 0.238 e. The largest absolute Gasteiger partial charge is 0.394 e. The van der Waals surface area contributed by atoms with Crippen LogP contribution in [0.25, 0.3) is 0 Å². The van der Waals surface area contributed by atoms with Crippen molar-refractivity contribution in [1.82, 2.24) is 5.32 Å². The molecule has 10 nitrogen and oxygen atoms in total. The van der Waals surface area contributed by atoms with Gasteiger partial charge in [-0.15, -0.1) is 0 Å². The first-order valence-electron chi connectivity index (χ1n) is 10.4. The summed E-state index contributed by atoms with van der Waals surface area (Å²) in [7, 11) is -3.71. The lowest BCUT2D eigenvalue weighted by Gasteiger charge is -2.40. The molecule has 1 aromatic rings. The zero-order valence-corrected chi connectivity index (χ0v) is 19.3. The van der Waals surface area contributed by atoms with Crippen LogP contribution in [-0.4, -0.2) is 89.9 Å². The first kappa shape index (κ1) is 27.0. The summed E-state index contributed by atoms with van der Waals surface area (Å²) in [5.41, 5.74) is 0.889. The van der Waals surface area contributed by atoms with E-state index in [1.807, 2.05) is 0 Å². The van der Waals surface area contributed by atoms with Crippen LogP contribution in [0.3, 0.4) is 0 Å². The molecular weight excluding hydrogens is 460 g/mol. The van der Waals surface area contributed by atoms with Crippen molar-refractivity contribution in [2.45, 2.75) is 61.1 Å². The SMILES string of the molecule is NS(=O)(=O)c1ccc(CCNC(=O)CCSCCC[C@@H]2O[C@H](CO)[C@@H](O)[C@H](O)[C@H]2O)cc1. The zero-order valence-electron chi connectivity index (χ0n) is 17.7. The van der Waals surface area contributed by atoms with E-state index < -0.39 is 47.2 Å². The maximum Gasteiger partial charge on any atom is 0.238 e. The maximum atomic E-state index is 11.9. The van der Waals surface area contributed by atoms with Gasteiger partial charge in [0.2, 0.25) is 15.9 Å². The number of amides is 1. The van der Waals surface area contributed by atoms with Crippen molar-refractivity contribution in [3.8, 4) is 0 Å². The topological polar surface area (TPSA) is 179 Å². The fourth-order valence-corrected chi connectivity index (χ4v) is 4.77. The number of nitrogens with two attached hydrogens (primary N) is 1. The molecule has 1 amide bonds. The highest BCUT2D eigenvalue weighted by atomic mass is 32.2. The second kappa shape index (κ2) is 12.8. The molecule has 1 aliphatic heterocycles. The van der Waals surface area contributed by atoms with Gasteiger partial charge in [0.05, 0.1) is 17.6 Å². The highest BCUT2D eigenvalue weighted by molar-refractivity contribution is 7.99. The lowest BCUT2D eigenvalue weighted by Crippen LogP contribution is -2.58. The van der Waals surface area contributed by atoms with Crippen LogP contribution in [-0.2, 0) is 26.0 Å². The van der Waals surface area contributed by atoms with Crippen molar-refractivity contribution in [3.05, 3.63) is 29.8 Å². The van der Waals surface area contributed by atoms with Crippen LogP contribution in [0.5, 0.6) is 0 Å². The third kappa shape index (κ3) is 8.27. The minimum atomic E-state index is -3.71. The molecule has 0 aromatic heterocycles. The molecule has 0 unspecified atom stereocenters. The number of primary sulfonamides is 1. The summed E-state index contributed by atoms with van der Waals surface area (Å²) in [5.74, 6) is 1.29. The summed E-state index contributed by atoms with van der Waals surface area (Å²) in [4.78, 5) is 12.0. The molecule has 12 heteroatoms. The van der Waals surface area contributed by atoms with E-state index in [-0.39, 0.29) is 10.8 Å². The van der Waals surface area contributed by atoms with Crippen LogP contribution < -0.4 is 10.5 Å². The number of nitrogens with one attached hydrogen (secondary N) is 1. The number of ether oxygens (including phenoxy) is 1. The lowest BCUT2D eigenvalue weighted by molar-refractivity contribution is -0.230. The van der Waals surface area contributed by atoms with Crippen molar-refractivity contribution in [2.75, 3.05) is 24.7 Å². The Hall–Kier alpha value is -1.25. The molecule has 0 radical (unpaired) electrons. The number of carbonyl (C=O) groups excluding carboxylic acids is 1. The number of carbonyl (C=O) groups is 1. The number of sulfonamides is 1. The number of aliphatic hydroxyl groups excluding tert-OH is 4. The molecule has 182 valence electrons. The van der Waals surface area contributed by atoms with Gasteiger partial charge in [0, 0.05) is 18.7 Å². The Morgan fingerprint density at radius 1 is 1.06 bits per heavy atom. The van der Waals surface area contributed by atoms with Crippen molar-refractivity contribution in [3.63, 3.8) is 0 Å². The van der Waals surface area contributed by atoms with Gasteiger partial charge in [-0.05, 0) is 42.7 Å². The average Bonchev–Trinajstić information content (AvgIpc) is 2.75. The number of thioether (sulfide) groups is 1. The van der Waals surface area contributed by atoms with Gasteiger partial charge in [-0.1, -0.05) is 12.1 Å². The zero-order chi connectivity index (χ0) is 23.7. The highest BCUT2D eigenvalue weighted by Gasteiger charge is 2.42. The van der Waals surface area contributed by atoms with Crippen LogP contribution in [0.1, 0.15) is 24.8 Å². The summed E-state index contributed by atoms with van der Waals surface area (Å²) < 4.78 is 27.9. The molecule has 0 bridgehead atoms. The quantitative estimate of drug-likeness (QED) is 0.194. The summed E-state index contributed by atoms with van der Waals surface area (Å²) in [5, 5.41) is 46.6. The van der Waals surface area contributed by atoms with Crippen LogP contribution in [0.15, 0.2) is 29.2 Å². The third-order valence-corrected chi connectivity index (χ3v) is 7.23. The summed E-state index contributed by atoms with van der Waals surface area (Å²) in [6.45, 7) is 0.00154. The number of hydrogen-bond acceptors (Lipinski definition) is 9. The van der Waals surface area contributed by atoms with Crippen LogP contribution >= 0.6 is 11.8 Å². The van der Waals surface area contributed by atoms with E-state index in [1.165, 1.54) is 12.1 Å². The normalized spacial score (nSPS) is 26.1. The van der Waals surface area contributed by atoms with Gasteiger partial charge in [0.25, 0.3) is 0 Å². The van der Waals surface area contributed by atoms with Gasteiger partial charge >= 0.3 is 0 Å². The van der Waals surface area contributed by atoms with Crippen LogP contribution in [0.4, 0.5) is 0 Å². The van der Waals surface area contributed by atoms with Crippen molar-refractivity contribution < 1.29 is 38.4 Å². The molecule has 0 aliphatic carbocycles. The Kier molecular flexibility index (Phi) is 10.8. The Labute approximate surface area is 192 Å². The molecule has 1 fully saturated rings. The van der Waals surface area contributed by atoms with E-state index in [2.05, 4.69) is 5.32 Å².